The minimum absolute atomic E-state index is 0.0679. The molecule has 0 aromatic heterocycles. The van der Waals surface area contributed by atoms with Crippen LogP contribution in [0, 0.1) is 32.1 Å². The van der Waals surface area contributed by atoms with E-state index in [9.17, 15) is 10.1 Å². The highest BCUT2D eigenvalue weighted by molar-refractivity contribution is 6.01. The average Bonchev–Trinajstić information content (AvgIpc) is 2.94. The van der Waals surface area contributed by atoms with E-state index in [0.29, 0.717) is 36.4 Å². The minimum Gasteiger partial charge on any atom is -0.497 e. The molecule has 0 bridgehead atoms. The highest BCUT2D eigenvalue weighted by Gasteiger charge is 2.41. The number of aryl methyl sites for hydroxylation is 2. The molecule has 6 nitrogen and oxygen atoms in total. The van der Waals surface area contributed by atoms with E-state index in [4.69, 9.17) is 15.2 Å². The summed E-state index contributed by atoms with van der Waals surface area (Å²) in [6.45, 7) is 6.50. The zero-order valence-electron chi connectivity index (χ0n) is 22.9. The Hall–Kier alpha value is -4.50. The number of benzene rings is 3. The predicted molar refractivity (Wildman–Crippen MR) is 152 cm³/mol. The van der Waals surface area contributed by atoms with Gasteiger partial charge in [-0.3, -0.25) is 9.69 Å². The van der Waals surface area contributed by atoms with Crippen LogP contribution in [0.3, 0.4) is 0 Å². The second kappa shape index (κ2) is 10.7. The fourth-order valence-corrected chi connectivity index (χ4v) is 5.63. The molecule has 0 saturated carbocycles. The molecule has 3 aromatic carbocycles. The molecule has 3 aromatic rings. The Morgan fingerprint density at radius 3 is 2.33 bits per heavy atom. The summed E-state index contributed by atoms with van der Waals surface area (Å²) in [6.07, 6.45) is 1.91. The molecular weight excluding hydrogens is 486 g/mol. The molecule has 2 aliphatic rings. The number of nitrogens with zero attached hydrogens (tertiary/aromatic N) is 2. The fourth-order valence-electron chi connectivity index (χ4n) is 5.63. The van der Waals surface area contributed by atoms with Crippen LogP contribution in [0.15, 0.2) is 83.3 Å². The van der Waals surface area contributed by atoms with Crippen molar-refractivity contribution < 1.29 is 14.3 Å². The first-order valence-corrected chi connectivity index (χ1v) is 13.2. The van der Waals surface area contributed by atoms with Gasteiger partial charge in [0.1, 0.15) is 23.9 Å². The van der Waals surface area contributed by atoms with Crippen LogP contribution in [-0.2, 0) is 11.4 Å². The third-order valence-corrected chi connectivity index (χ3v) is 7.67. The minimum atomic E-state index is -0.523. The van der Waals surface area contributed by atoms with Gasteiger partial charge >= 0.3 is 0 Å². The maximum atomic E-state index is 13.6. The SMILES string of the molecule is COc1ccc(N2C(N)=C(C#N)C(c3cc(C)cc(COc4ccc(C)cc4)c3C)C3=C2CCCC3=O)cc1. The van der Waals surface area contributed by atoms with Crippen molar-refractivity contribution in [2.24, 2.45) is 5.73 Å². The topological polar surface area (TPSA) is 88.6 Å². The van der Waals surface area contributed by atoms with E-state index < -0.39 is 5.92 Å². The number of Topliss-reactive ketones (excluding diaryl/α,β-unsaturated/α-hetero) is 1. The number of carbonyl (C=O) groups excluding carboxylic acids is 1. The number of nitrogens with two attached hydrogens (primary N) is 1. The van der Waals surface area contributed by atoms with Crippen molar-refractivity contribution in [1.29, 1.82) is 5.26 Å². The first-order chi connectivity index (χ1) is 18.8. The quantitative estimate of drug-likeness (QED) is 0.400. The molecule has 1 aliphatic heterocycles. The van der Waals surface area contributed by atoms with Crippen molar-refractivity contribution in [2.75, 3.05) is 12.0 Å². The lowest BCUT2D eigenvalue weighted by Gasteiger charge is -2.40. The Labute approximate surface area is 230 Å². The van der Waals surface area contributed by atoms with Crippen molar-refractivity contribution in [3.05, 3.63) is 111 Å². The molecule has 5 rings (SSSR count). The molecule has 2 N–H and O–H groups in total. The van der Waals surface area contributed by atoms with E-state index in [1.165, 1.54) is 5.56 Å². The molecule has 6 heteroatoms. The van der Waals surface area contributed by atoms with Gasteiger partial charge in [-0.25, -0.2) is 0 Å². The Bertz CT molecular complexity index is 1530. The number of hydrogen-bond acceptors (Lipinski definition) is 6. The van der Waals surface area contributed by atoms with Gasteiger partial charge in [0.05, 0.1) is 24.7 Å². The van der Waals surface area contributed by atoms with E-state index >= 15 is 0 Å². The number of rotatable bonds is 6. The van der Waals surface area contributed by atoms with Gasteiger partial charge in [-0.05, 0) is 86.7 Å². The van der Waals surface area contributed by atoms with Crippen LogP contribution in [0.4, 0.5) is 5.69 Å². The number of allylic oxidation sites excluding steroid dienone is 3. The second-order valence-corrected chi connectivity index (χ2v) is 10.3. The van der Waals surface area contributed by atoms with Crippen molar-refractivity contribution in [2.45, 2.75) is 52.6 Å². The van der Waals surface area contributed by atoms with Crippen molar-refractivity contribution in [1.82, 2.24) is 0 Å². The zero-order valence-corrected chi connectivity index (χ0v) is 22.9. The lowest BCUT2D eigenvalue weighted by molar-refractivity contribution is -0.116. The summed E-state index contributed by atoms with van der Waals surface area (Å²) in [5.74, 6) is 1.43. The average molecular weight is 520 g/mol. The molecule has 1 unspecified atom stereocenters. The smallest absolute Gasteiger partial charge is 0.161 e. The van der Waals surface area contributed by atoms with E-state index in [1.54, 1.807) is 7.11 Å². The lowest BCUT2D eigenvalue weighted by atomic mass is 9.73. The van der Waals surface area contributed by atoms with Gasteiger partial charge in [-0.2, -0.15) is 5.26 Å². The van der Waals surface area contributed by atoms with Crippen molar-refractivity contribution in [3.8, 4) is 17.6 Å². The molecule has 0 fully saturated rings. The standard InChI is InChI=1S/C33H33N3O3/c1-20-8-12-26(13-9-20)39-19-23-16-21(2)17-27(22(23)3)31-28(18-34)33(35)36(24-10-14-25(38-4)15-11-24)29-6-5-7-30(37)32(29)31/h8-17,31H,5-7,19,35H2,1-4H3. The summed E-state index contributed by atoms with van der Waals surface area (Å²) < 4.78 is 11.4. The maximum Gasteiger partial charge on any atom is 0.161 e. The maximum absolute atomic E-state index is 13.6. The first-order valence-electron chi connectivity index (χ1n) is 13.2. The third-order valence-electron chi connectivity index (χ3n) is 7.67. The lowest BCUT2D eigenvalue weighted by Crippen LogP contribution is -2.39. The second-order valence-electron chi connectivity index (χ2n) is 10.3. The Morgan fingerprint density at radius 2 is 1.67 bits per heavy atom. The van der Waals surface area contributed by atoms with Crippen LogP contribution in [0.2, 0.25) is 0 Å². The molecule has 198 valence electrons. The third kappa shape index (κ3) is 4.88. The largest absolute Gasteiger partial charge is 0.497 e. The Balaban J connectivity index is 1.61. The monoisotopic (exact) mass is 519 g/mol. The molecule has 0 saturated heterocycles. The van der Waals surface area contributed by atoms with Gasteiger partial charge < -0.3 is 15.2 Å². The highest BCUT2D eigenvalue weighted by Crippen LogP contribution is 2.47. The Kier molecular flexibility index (Phi) is 7.17. The first kappa shape index (κ1) is 26.1. The molecule has 0 amide bonds. The van der Waals surface area contributed by atoms with Crippen molar-refractivity contribution in [3.63, 3.8) is 0 Å². The molecular formula is C33H33N3O3. The summed E-state index contributed by atoms with van der Waals surface area (Å²) in [7, 11) is 1.62. The molecule has 39 heavy (non-hydrogen) atoms. The van der Waals surface area contributed by atoms with Crippen molar-refractivity contribution >= 4 is 11.5 Å². The number of carbonyl (C=O) groups is 1. The van der Waals surface area contributed by atoms with Gasteiger partial charge in [-0.1, -0.05) is 35.4 Å². The summed E-state index contributed by atoms with van der Waals surface area (Å²) in [5, 5.41) is 10.4. The Morgan fingerprint density at radius 1 is 0.974 bits per heavy atom. The predicted octanol–water partition coefficient (Wildman–Crippen LogP) is 6.50. The van der Waals surface area contributed by atoms with E-state index in [0.717, 1.165) is 51.6 Å². The number of ether oxygens (including phenoxy) is 2. The van der Waals surface area contributed by atoms with Crippen LogP contribution < -0.4 is 20.1 Å². The van der Waals surface area contributed by atoms with E-state index in [-0.39, 0.29) is 5.78 Å². The molecule has 1 heterocycles. The fraction of sp³-hybridized carbons (Fsp3) is 0.273. The summed E-state index contributed by atoms with van der Waals surface area (Å²) in [6, 6.07) is 22.1. The van der Waals surface area contributed by atoms with Crippen LogP contribution in [0.1, 0.15) is 53.0 Å². The van der Waals surface area contributed by atoms with Gasteiger partial charge in [0.25, 0.3) is 0 Å². The molecule has 1 atom stereocenters. The van der Waals surface area contributed by atoms with Crippen LogP contribution in [0.5, 0.6) is 11.5 Å². The molecule has 1 aliphatic carbocycles. The van der Waals surface area contributed by atoms with Crippen LogP contribution in [0.25, 0.3) is 0 Å². The number of anilines is 1. The van der Waals surface area contributed by atoms with Crippen LogP contribution in [-0.4, -0.2) is 12.9 Å². The number of nitriles is 1. The summed E-state index contributed by atoms with van der Waals surface area (Å²) >= 11 is 0. The van der Waals surface area contributed by atoms with E-state index in [1.807, 2.05) is 74.2 Å². The summed E-state index contributed by atoms with van der Waals surface area (Å²) in [4.78, 5) is 15.5. The molecule has 0 spiro atoms. The van der Waals surface area contributed by atoms with Gasteiger partial charge in [0.15, 0.2) is 5.78 Å². The van der Waals surface area contributed by atoms with Crippen LogP contribution >= 0.6 is 0 Å². The number of ketones is 1. The zero-order chi connectivity index (χ0) is 27.7. The molecule has 0 radical (unpaired) electrons. The highest BCUT2D eigenvalue weighted by atomic mass is 16.5. The van der Waals surface area contributed by atoms with E-state index in [2.05, 4.69) is 18.2 Å². The normalized spacial score (nSPS) is 17.2. The van der Waals surface area contributed by atoms with Gasteiger partial charge in [0, 0.05) is 23.4 Å². The van der Waals surface area contributed by atoms with Gasteiger partial charge in [0.2, 0.25) is 0 Å². The van der Waals surface area contributed by atoms with Gasteiger partial charge in [-0.15, -0.1) is 0 Å². The number of hydrogen-bond donors (Lipinski definition) is 1. The number of methoxy groups -OCH3 is 1. The summed E-state index contributed by atoms with van der Waals surface area (Å²) in [5.41, 5.74) is 14.7.